The molecule has 0 saturated carbocycles. The van der Waals surface area contributed by atoms with Gasteiger partial charge in [0, 0.05) is 11.1 Å². The van der Waals surface area contributed by atoms with Crippen LogP contribution in [0.25, 0.3) is 0 Å². The molecule has 0 aliphatic rings. The molecule has 0 heterocycles. The highest BCUT2D eigenvalue weighted by Crippen LogP contribution is 2.23. The summed E-state index contributed by atoms with van der Waals surface area (Å²) in [7, 11) is 1.37. The molecule has 0 aromatic heterocycles. The van der Waals surface area contributed by atoms with Gasteiger partial charge in [-0.15, -0.1) is 0 Å². The number of esters is 1. The SMILES string of the molecule is COc1ccc(Cl)cc1C(=O)NNC(=O)COC(=O)c1ccc(O)cc1O. The van der Waals surface area contributed by atoms with Crippen molar-refractivity contribution in [1.29, 1.82) is 0 Å². The summed E-state index contributed by atoms with van der Waals surface area (Å²) in [5, 5.41) is 19.0. The van der Waals surface area contributed by atoms with E-state index < -0.39 is 30.1 Å². The number of carbonyl (C=O) groups is 3. The van der Waals surface area contributed by atoms with E-state index in [4.69, 9.17) is 21.1 Å². The lowest BCUT2D eigenvalue weighted by atomic mass is 10.2. The summed E-state index contributed by atoms with van der Waals surface area (Å²) in [6, 6.07) is 7.65. The number of hydrogen-bond donors (Lipinski definition) is 4. The zero-order chi connectivity index (χ0) is 20.0. The van der Waals surface area contributed by atoms with Crippen molar-refractivity contribution in [1.82, 2.24) is 10.9 Å². The van der Waals surface area contributed by atoms with Crippen molar-refractivity contribution in [3.63, 3.8) is 0 Å². The van der Waals surface area contributed by atoms with Gasteiger partial charge < -0.3 is 19.7 Å². The fourth-order valence-corrected chi connectivity index (χ4v) is 2.16. The van der Waals surface area contributed by atoms with Crippen molar-refractivity contribution in [2.75, 3.05) is 13.7 Å². The molecule has 142 valence electrons. The molecule has 0 aliphatic heterocycles. The molecule has 0 aliphatic carbocycles. The van der Waals surface area contributed by atoms with Gasteiger partial charge in [0.05, 0.1) is 12.7 Å². The summed E-state index contributed by atoms with van der Waals surface area (Å²) in [4.78, 5) is 35.6. The van der Waals surface area contributed by atoms with Gasteiger partial charge in [-0.2, -0.15) is 0 Å². The number of carbonyl (C=O) groups excluding carboxylic acids is 3. The lowest BCUT2D eigenvalue weighted by molar-refractivity contribution is -0.125. The van der Waals surface area contributed by atoms with Crippen molar-refractivity contribution < 1.29 is 34.1 Å². The summed E-state index contributed by atoms with van der Waals surface area (Å²) in [5.74, 6) is -2.98. The summed E-state index contributed by atoms with van der Waals surface area (Å²) < 4.78 is 9.76. The minimum absolute atomic E-state index is 0.0938. The van der Waals surface area contributed by atoms with Crippen LogP contribution in [0.15, 0.2) is 36.4 Å². The number of ether oxygens (including phenoxy) is 2. The second-order valence-corrected chi connectivity index (χ2v) is 5.56. The molecular formula is C17H15ClN2O7. The predicted octanol–water partition coefficient (Wildman–Crippen LogP) is 1.38. The quantitative estimate of drug-likeness (QED) is 0.444. The summed E-state index contributed by atoms with van der Waals surface area (Å²) in [5.41, 5.74) is 4.06. The van der Waals surface area contributed by atoms with Crippen LogP contribution in [0.4, 0.5) is 0 Å². The van der Waals surface area contributed by atoms with E-state index in [9.17, 15) is 24.6 Å². The topological polar surface area (TPSA) is 134 Å². The van der Waals surface area contributed by atoms with E-state index in [0.29, 0.717) is 5.02 Å². The molecule has 2 aromatic carbocycles. The van der Waals surface area contributed by atoms with Gasteiger partial charge in [0.25, 0.3) is 11.8 Å². The highest BCUT2D eigenvalue weighted by atomic mass is 35.5. The number of hydrazine groups is 1. The molecule has 0 unspecified atom stereocenters. The van der Waals surface area contributed by atoms with Crippen LogP contribution in [0.1, 0.15) is 20.7 Å². The van der Waals surface area contributed by atoms with Gasteiger partial charge in [-0.1, -0.05) is 11.6 Å². The largest absolute Gasteiger partial charge is 0.508 e. The number of halogens is 1. The minimum atomic E-state index is -0.981. The zero-order valence-corrected chi connectivity index (χ0v) is 14.7. The Morgan fingerprint density at radius 2 is 1.78 bits per heavy atom. The van der Waals surface area contributed by atoms with E-state index in [2.05, 4.69) is 10.9 Å². The Morgan fingerprint density at radius 1 is 1.04 bits per heavy atom. The predicted molar refractivity (Wildman–Crippen MR) is 93.7 cm³/mol. The monoisotopic (exact) mass is 394 g/mol. The van der Waals surface area contributed by atoms with Crippen LogP contribution in [-0.4, -0.2) is 41.7 Å². The number of hydrogen-bond acceptors (Lipinski definition) is 7. The molecule has 0 fully saturated rings. The normalized spacial score (nSPS) is 10.0. The molecule has 0 saturated heterocycles. The Balaban J connectivity index is 1.88. The molecule has 0 bridgehead atoms. The number of rotatable bonds is 5. The second kappa shape index (κ2) is 8.77. The van der Waals surface area contributed by atoms with Crippen molar-refractivity contribution in [3.05, 3.63) is 52.5 Å². The summed E-state index contributed by atoms with van der Waals surface area (Å²) >= 11 is 5.83. The fraction of sp³-hybridized carbons (Fsp3) is 0.118. The van der Waals surface area contributed by atoms with E-state index in [1.807, 2.05) is 0 Å². The van der Waals surface area contributed by atoms with Crippen molar-refractivity contribution in [3.8, 4) is 17.2 Å². The Kier molecular flexibility index (Phi) is 6.45. The molecular weight excluding hydrogens is 380 g/mol. The first kappa shape index (κ1) is 19.9. The van der Waals surface area contributed by atoms with Crippen LogP contribution in [0.5, 0.6) is 17.2 Å². The molecule has 4 N–H and O–H groups in total. The van der Waals surface area contributed by atoms with E-state index in [1.165, 1.54) is 31.4 Å². The third kappa shape index (κ3) is 5.25. The molecule has 0 atom stereocenters. The number of benzene rings is 2. The lowest BCUT2D eigenvalue weighted by Crippen LogP contribution is -2.43. The van der Waals surface area contributed by atoms with Crippen molar-refractivity contribution in [2.24, 2.45) is 0 Å². The number of phenols is 2. The van der Waals surface area contributed by atoms with Crippen LogP contribution in [0.3, 0.4) is 0 Å². The van der Waals surface area contributed by atoms with Gasteiger partial charge in [0.2, 0.25) is 0 Å². The third-order valence-corrected chi connectivity index (χ3v) is 3.49. The maximum atomic E-state index is 12.1. The van der Waals surface area contributed by atoms with Gasteiger partial charge in [0.15, 0.2) is 6.61 Å². The molecule has 2 amide bonds. The maximum Gasteiger partial charge on any atom is 0.342 e. The molecule has 0 radical (unpaired) electrons. The average Bonchev–Trinajstić information content (AvgIpc) is 2.64. The van der Waals surface area contributed by atoms with E-state index in [1.54, 1.807) is 0 Å². The minimum Gasteiger partial charge on any atom is -0.508 e. The van der Waals surface area contributed by atoms with E-state index in [0.717, 1.165) is 12.1 Å². The first-order chi connectivity index (χ1) is 12.8. The second-order valence-electron chi connectivity index (χ2n) is 5.12. The standard InChI is InChI=1S/C17H15ClN2O7/c1-26-14-5-2-9(18)6-12(14)16(24)20-19-15(23)8-27-17(25)11-4-3-10(21)7-13(11)22/h2-7,21-22H,8H2,1H3,(H,19,23)(H,20,24). The Hall–Kier alpha value is -3.46. The fourth-order valence-electron chi connectivity index (χ4n) is 1.99. The molecule has 10 heteroatoms. The van der Waals surface area contributed by atoms with Crippen LogP contribution < -0.4 is 15.6 Å². The van der Waals surface area contributed by atoms with Gasteiger partial charge >= 0.3 is 5.97 Å². The molecule has 9 nitrogen and oxygen atoms in total. The highest BCUT2D eigenvalue weighted by Gasteiger charge is 2.16. The first-order valence-electron chi connectivity index (χ1n) is 7.43. The Labute approximate surface area is 158 Å². The van der Waals surface area contributed by atoms with Crippen LogP contribution in [0, 0.1) is 0 Å². The number of aromatic hydroxyl groups is 2. The van der Waals surface area contributed by atoms with Crippen molar-refractivity contribution in [2.45, 2.75) is 0 Å². The van der Waals surface area contributed by atoms with Gasteiger partial charge in [-0.05, 0) is 30.3 Å². The zero-order valence-electron chi connectivity index (χ0n) is 14.0. The van der Waals surface area contributed by atoms with E-state index in [-0.39, 0.29) is 22.6 Å². The number of phenolic OH excluding ortho intramolecular Hbond substituents is 2. The molecule has 2 rings (SSSR count). The van der Waals surface area contributed by atoms with Crippen LogP contribution >= 0.6 is 11.6 Å². The van der Waals surface area contributed by atoms with Crippen LogP contribution in [0.2, 0.25) is 5.02 Å². The molecule has 2 aromatic rings. The number of methoxy groups -OCH3 is 1. The number of amides is 2. The summed E-state index contributed by atoms with van der Waals surface area (Å²) in [6.07, 6.45) is 0. The smallest absolute Gasteiger partial charge is 0.342 e. The summed E-state index contributed by atoms with van der Waals surface area (Å²) in [6.45, 7) is -0.716. The van der Waals surface area contributed by atoms with Gasteiger partial charge in [-0.25, -0.2) is 4.79 Å². The highest BCUT2D eigenvalue weighted by molar-refractivity contribution is 6.31. The maximum absolute atomic E-state index is 12.1. The lowest BCUT2D eigenvalue weighted by Gasteiger charge is -2.11. The Bertz CT molecular complexity index is 886. The Morgan fingerprint density at radius 3 is 2.44 bits per heavy atom. The third-order valence-electron chi connectivity index (χ3n) is 3.26. The van der Waals surface area contributed by atoms with Gasteiger partial charge in [0.1, 0.15) is 22.8 Å². The average molecular weight is 395 g/mol. The van der Waals surface area contributed by atoms with E-state index >= 15 is 0 Å². The molecule has 0 spiro atoms. The number of nitrogens with one attached hydrogen (secondary N) is 2. The van der Waals surface area contributed by atoms with Crippen LogP contribution in [-0.2, 0) is 9.53 Å². The molecule has 27 heavy (non-hydrogen) atoms. The van der Waals surface area contributed by atoms with Gasteiger partial charge in [-0.3, -0.25) is 20.4 Å². The van der Waals surface area contributed by atoms with Crippen molar-refractivity contribution >= 4 is 29.4 Å². The first-order valence-corrected chi connectivity index (χ1v) is 7.81.